The number of rotatable bonds is 5. The summed E-state index contributed by atoms with van der Waals surface area (Å²) < 4.78 is 2.09. The first-order valence-corrected chi connectivity index (χ1v) is 5.83. The van der Waals surface area contributed by atoms with Gasteiger partial charge in [-0.2, -0.15) is 0 Å². The predicted molar refractivity (Wildman–Crippen MR) is 66.4 cm³/mol. The fraction of sp³-hybridized carbons (Fsp3) is 0.538. The van der Waals surface area contributed by atoms with Crippen LogP contribution in [0.15, 0.2) is 16.9 Å². The lowest BCUT2D eigenvalue weighted by atomic mass is 10.1. The summed E-state index contributed by atoms with van der Waals surface area (Å²) in [6.07, 6.45) is 1.65. The van der Waals surface area contributed by atoms with Crippen LogP contribution in [0.3, 0.4) is 0 Å². The fourth-order valence-electron chi connectivity index (χ4n) is 2.24. The maximum absolute atomic E-state index is 11.3. The van der Waals surface area contributed by atoms with E-state index in [1.54, 1.807) is 12.1 Å². The Morgan fingerprint density at radius 2 is 1.88 bits per heavy atom. The summed E-state index contributed by atoms with van der Waals surface area (Å²) in [5.74, 6) is -0.759. The summed E-state index contributed by atoms with van der Waals surface area (Å²) in [6.45, 7) is 5.86. The number of aryl methyl sites for hydroxylation is 2. The molecule has 0 radical (unpaired) electrons. The van der Waals surface area contributed by atoms with E-state index < -0.39 is 5.97 Å². The summed E-state index contributed by atoms with van der Waals surface area (Å²) in [6, 6.07) is 3.44. The van der Waals surface area contributed by atoms with Crippen molar-refractivity contribution in [3.63, 3.8) is 0 Å². The zero-order chi connectivity index (χ0) is 13.0. The molecule has 0 aliphatic carbocycles. The largest absolute Gasteiger partial charge is 0.481 e. The Morgan fingerprint density at radius 3 is 2.35 bits per heavy atom. The van der Waals surface area contributed by atoms with Crippen molar-refractivity contribution in [2.45, 2.75) is 46.1 Å². The zero-order valence-corrected chi connectivity index (χ0v) is 10.6. The lowest BCUT2D eigenvalue weighted by Gasteiger charge is -2.21. The third kappa shape index (κ3) is 3.73. The van der Waals surface area contributed by atoms with Gasteiger partial charge in [-0.25, -0.2) is 0 Å². The Balaban J connectivity index is 2.78. The van der Waals surface area contributed by atoms with Crippen molar-refractivity contribution >= 4 is 5.97 Å². The van der Waals surface area contributed by atoms with Gasteiger partial charge in [0.05, 0.1) is 0 Å². The van der Waals surface area contributed by atoms with Crippen molar-refractivity contribution in [2.24, 2.45) is 0 Å². The average Bonchev–Trinajstić information content (AvgIpc) is 2.14. The SMILES string of the molecule is Cc1cc(=O)cc(C)n1C(C)CCCC(=O)O. The Hall–Kier alpha value is -1.58. The van der Waals surface area contributed by atoms with Crippen LogP contribution in [0.4, 0.5) is 0 Å². The van der Waals surface area contributed by atoms with Crippen LogP contribution < -0.4 is 5.43 Å². The molecule has 0 bridgehead atoms. The minimum absolute atomic E-state index is 0.0222. The third-order valence-electron chi connectivity index (χ3n) is 2.92. The van der Waals surface area contributed by atoms with Gasteiger partial charge in [-0.05, 0) is 33.6 Å². The maximum atomic E-state index is 11.3. The quantitative estimate of drug-likeness (QED) is 0.854. The summed E-state index contributed by atoms with van der Waals surface area (Å²) in [5, 5.41) is 8.59. The van der Waals surface area contributed by atoms with E-state index in [1.807, 2.05) is 20.8 Å². The molecule has 0 saturated heterocycles. The van der Waals surface area contributed by atoms with Gasteiger partial charge in [-0.1, -0.05) is 0 Å². The molecule has 1 heterocycles. The van der Waals surface area contributed by atoms with Crippen LogP contribution in [0.25, 0.3) is 0 Å². The summed E-state index contributed by atoms with van der Waals surface area (Å²) in [7, 11) is 0. The monoisotopic (exact) mass is 237 g/mol. The molecule has 4 heteroatoms. The van der Waals surface area contributed by atoms with Crippen molar-refractivity contribution in [2.75, 3.05) is 0 Å². The number of hydrogen-bond acceptors (Lipinski definition) is 2. The molecule has 4 nitrogen and oxygen atoms in total. The lowest BCUT2D eigenvalue weighted by Crippen LogP contribution is -2.16. The minimum Gasteiger partial charge on any atom is -0.481 e. The molecule has 0 aromatic carbocycles. The Labute approximate surface area is 101 Å². The first-order valence-electron chi connectivity index (χ1n) is 5.83. The van der Waals surface area contributed by atoms with Gasteiger partial charge < -0.3 is 9.67 Å². The van der Waals surface area contributed by atoms with Crippen LogP contribution in [-0.4, -0.2) is 15.6 Å². The normalized spacial score (nSPS) is 12.4. The number of pyridine rings is 1. The van der Waals surface area contributed by atoms with Crippen LogP contribution in [0, 0.1) is 13.8 Å². The van der Waals surface area contributed by atoms with Gasteiger partial charge in [0, 0.05) is 36.0 Å². The molecule has 1 N–H and O–H groups in total. The van der Waals surface area contributed by atoms with E-state index in [0.29, 0.717) is 6.42 Å². The van der Waals surface area contributed by atoms with Crippen molar-refractivity contribution < 1.29 is 9.90 Å². The highest BCUT2D eigenvalue weighted by atomic mass is 16.4. The van der Waals surface area contributed by atoms with E-state index in [-0.39, 0.29) is 17.9 Å². The van der Waals surface area contributed by atoms with Crippen molar-refractivity contribution in [3.05, 3.63) is 33.7 Å². The van der Waals surface area contributed by atoms with Crippen molar-refractivity contribution in [1.29, 1.82) is 0 Å². The Bertz CT molecular complexity index is 436. The standard InChI is InChI=1S/C13H19NO3/c1-9(5-4-6-13(16)17)14-10(2)7-12(15)8-11(14)3/h7-9H,4-6H2,1-3H3,(H,16,17). The summed E-state index contributed by atoms with van der Waals surface area (Å²) in [5.41, 5.74) is 1.88. The predicted octanol–water partition coefficient (Wildman–Crippen LogP) is 2.28. The van der Waals surface area contributed by atoms with Crippen LogP contribution in [-0.2, 0) is 4.79 Å². The van der Waals surface area contributed by atoms with Gasteiger partial charge in [-0.15, -0.1) is 0 Å². The fourth-order valence-corrected chi connectivity index (χ4v) is 2.24. The van der Waals surface area contributed by atoms with E-state index in [0.717, 1.165) is 17.8 Å². The van der Waals surface area contributed by atoms with Crippen molar-refractivity contribution in [3.8, 4) is 0 Å². The second-order valence-electron chi connectivity index (χ2n) is 4.48. The summed E-state index contributed by atoms with van der Waals surface area (Å²) >= 11 is 0. The first kappa shape index (κ1) is 13.5. The Morgan fingerprint density at radius 1 is 1.35 bits per heavy atom. The molecule has 0 amide bonds. The molecule has 17 heavy (non-hydrogen) atoms. The molecule has 1 aromatic heterocycles. The van der Waals surface area contributed by atoms with E-state index in [2.05, 4.69) is 4.57 Å². The van der Waals surface area contributed by atoms with E-state index in [1.165, 1.54) is 0 Å². The van der Waals surface area contributed by atoms with Gasteiger partial charge in [0.25, 0.3) is 0 Å². The zero-order valence-electron chi connectivity index (χ0n) is 10.6. The van der Waals surface area contributed by atoms with E-state index in [4.69, 9.17) is 5.11 Å². The first-order chi connectivity index (χ1) is 7.91. The highest BCUT2D eigenvalue weighted by Gasteiger charge is 2.10. The number of carboxylic acid groups (broad SMARTS) is 1. The second-order valence-corrected chi connectivity index (χ2v) is 4.48. The van der Waals surface area contributed by atoms with Crippen LogP contribution >= 0.6 is 0 Å². The summed E-state index contributed by atoms with van der Waals surface area (Å²) in [4.78, 5) is 21.7. The maximum Gasteiger partial charge on any atom is 0.303 e. The van der Waals surface area contributed by atoms with E-state index in [9.17, 15) is 9.59 Å². The molecular weight excluding hydrogens is 218 g/mol. The number of carboxylic acids is 1. The molecule has 0 fully saturated rings. The van der Waals surface area contributed by atoms with Gasteiger partial charge in [0.15, 0.2) is 5.43 Å². The average molecular weight is 237 g/mol. The molecular formula is C13H19NO3. The van der Waals surface area contributed by atoms with Gasteiger partial charge >= 0.3 is 5.97 Å². The number of hydrogen-bond donors (Lipinski definition) is 1. The number of nitrogens with zero attached hydrogens (tertiary/aromatic N) is 1. The molecule has 94 valence electrons. The lowest BCUT2D eigenvalue weighted by molar-refractivity contribution is -0.137. The smallest absolute Gasteiger partial charge is 0.303 e. The molecule has 1 aromatic rings. The molecule has 1 atom stereocenters. The van der Waals surface area contributed by atoms with Gasteiger partial charge in [-0.3, -0.25) is 9.59 Å². The topological polar surface area (TPSA) is 59.3 Å². The van der Waals surface area contributed by atoms with Crippen LogP contribution in [0.2, 0.25) is 0 Å². The van der Waals surface area contributed by atoms with Crippen molar-refractivity contribution in [1.82, 2.24) is 4.57 Å². The highest BCUT2D eigenvalue weighted by molar-refractivity contribution is 5.66. The minimum atomic E-state index is -0.759. The van der Waals surface area contributed by atoms with Gasteiger partial charge in [0.2, 0.25) is 0 Å². The highest BCUT2D eigenvalue weighted by Crippen LogP contribution is 2.18. The number of aromatic nitrogens is 1. The molecule has 0 spiro atoms. The molecule has 1 unspecified atom stereocenters. The van der Waals surface area contributed by atoms with Crippen LogP contribution in [0.5, 0.6) is 0 Å². The molecule has 0 aliphatic rings. The van der Waals surface area contributed by atoms with Gasteiger partial charge in [0.1, 0.15) is 0 Å². The van der Waals surface area contributed by atoms with E-state index >= 15 is 0 Å². The molecule has 0 saturated carbocycles. The third-order valence-corrected chi connectivity index (χ3v) is 2.92. The second kappa shape index (κ2) is 5.66. The number of carbonyl (C=O) groups is 1. The molecule has 1 rings (SSSR count). The Kier molecular flexibility index (Phi) is 4.49. The van der Waals surface area contributed by atoms with Crippen LogP contribution in [0.1, 0.15) is 43.6 Å². The molecule has 0 aliphatic heterocycles. The number of aliphatic carboxylic acids is 1.